The monoisotopic (exact) mass is 481 g/mol. The molecule has 36 heavy (non-hydrogen) atoms. The highest BCUT2D eigenvalue weighted by atomic mass is 16.6. The number of hydrogen-bond acceptors (Lipinski definition) is 6. The minimum absolute atomic E-state index is 0.123. The molecule has 0 radical (unpaired) electrons. The van der Waals surface area contributed by atoms with Crippen LogP contribution >= 0.6 is 0 Å². The van der Waals surface area contributed by atoms with Crippen LogP contribution in [0.2, 0.25) is 0 Å². The van der Waals surface area contributed by atoms with Crippen LogP contribution in [0.1, 0.15) is 41.2 Å². The number of nitrogens with zero attached hydrogens (tertiary/aromatic N) is 2. The van der Waals surface area contributed by atoms with Crippen LogP contribution in [0.25, 0.3) is 22.3 Å². The molecule has 4 aromatic rings. The quantitative estimate of drug-likeness (QED) is 0.285. The molecule has 0 aliphatic carbocycles. The van der Waals surface area contributed by atoms with Gasteiger partial charge in [-0.3, -0.25) is 4.79 Å². The van der Waals surface area contributed by atoms with Crippen molar-refractivity contribution in [2.75, 3.05) is 6.54 Å². The van der Waals surface area contributed by atoms with E-state index in [0.29, 0.717) is 23.4 Å². The van der Waals surface area contributed by atoms with Gasteiger partial charge in [-0.2, -0.15) is 0 Å². The zero-order valence-corrected chi connectivity index (χ0v) is 20.1. The van der Waals surface area contributed by atoms with Gasteiger partial charge in [0.1, 0.15) is 6.61 Å². The van der Waals surface area contributed by atoms with Gasteiger partial charge in [0.25, 0.3) is 5.56 Å². The largest absolute Gasteiger partial charge is 0.458 e. The summed E-state index contributed by atoms with van der Waals surface area (Å²) in [6.45, 7) is 3.54. The number of ether oxygens (including phenoxy) is 1. The Kier molecular flexibility index (Phi) is 5.47. The lowest BCUT2D eigenvalue weighted by atomic mass is 9.86. The summed E-state index contributed by atoms with van der Waals surface area (Å²) < 4.78 is 6.89. The van der Waals surface area contributed by atoms with Crippen LogP contribution < -0.4 is 10.9 Å². The number of nitrogens with one attached hydrogen (secondary N) is 1. The van der Waals surface area contributed by atoms with Gasteiger partial charge in [0, 0.05) is 23.1 Å². The fraction of sp³-hybridized carbons (Fsp3) is 0.276. The summed E-state index contributed by atoms with van der Waals surface area (Å²) in [7, 11) is 0. The Bertz CT molecular complexity index is 1560. The highest BCUT2D eigenvalue weighted by molar-refractivity contribution is 5.89. The number of pyridine rings is 2. The number of rotatable bonds is 6. The van der Waals surface area contributed by atoms with Gasteiger partial charge in [-0.1, -0.05) is 55.5 Å². The predicted molar refractivity (Wildman–Crippen MR) is 136 cm³/mol. The number of hydrogen-bond donors (Lipinski definition) is 2. The number of esters is 1. The molecule has 2 aliphatic rings. The second-order valence-electron chi connectivity index (χ2n) is 9.45. The first kappa shape index (κ1) is 22.6. The van der Waals surface area contributed by atoms with Gasteiger partial charge in [0.15, 0.2) is 5.60 Å². The Hall–Kier alpha value is -3.81. The van der Waals surface area contributed by atoms with E-state index in [9.17, 15) is 14.7 Å². The van der Waals surface area contributed by atoms with Crippen LogP contribution in [0.4, 0.5) is 0 Å². The summed E-state index contributed by atoms with van der Waals surface area (Å²) in [5, 5.41) is 15.7. The van der Waals surface area contributed by atoms with Crippen molar-refractivity contribution >= 4 is 16.9 Å². The second-order valence-corrected chi connectivity index (χ2v) is 9.45. The van der Waals surface area contributed by atoms with E-state index < -0.39 is 11.6 Å². The minimum atomic E-state index is -1.83. The number of cyclic esters (lactones) is 1. The molecule has 7 nitrogen and oxygen atoms in total. The summed E-state index contributed by atoms with van der Waals surface area (Å²) in [4.78, 5) is 30.9. The normalized spacial score (nSPS) is 18.0. The van der Waals surface area contributed by atoms with Crippen LogP contribution in [0.3, 0.4) is 0 Å². The molecule has 1 unspecified atom stereocenters. The fourth-order valence-corrected chi connectivity index (χ4v) is 5.44. The average Bonchev–Trinajstić information content (AvgIpc) is 3.28. The standard InChI is InChI=1S/C29H27N3O4/c1-2-29(35)23-14-25-26-21(16-32(25)27(33)22(23)17-36-28(29)34)19(20-10-6-7-11-24(20)31-26)12-13-30-15-18-8-4-3-5-9-18/h3-11,14,30,35H,2,12-13,15-17H2,1H3. The van der Waals surface area contributed by atoms with Gasteiger partial charge >= 0.3 is 5.97 Å². The Labute approximate surface area is 208 Å². The van der Waals surface area contributed by atoms with Crippen molar-refractivity contribution in [3.05, 3.63) is 98.8 Å². The van der Waals surface area contributed by atoms with Crippen molar-refractivity contribution in [2.24, 2.45) is 0 Å². The molecule has 2 N–H and O–H groups in total. The smallest absolute Gasteiger partial charge is 0.343 e. The zero-order valence-electron chi connectivity index (χ0n) is 20.1. The fourth-order valence-electron chi connectivity index (χ4n) is 5.44. The lowest BCUT2D eigenvalue weighted by molar-refractivity contribution is -0.172. The maximum atomic E-state index is 13.5. The number of aliphatic hydroxyl groups is 1. The predicted octanol–water partition coefficient (Wildman–Crippen LogP) is 3.41. The lowest BCUT2D eigenvalue weighted by Gasteiger charge is -2.31. The van der Waals surface area contributed by atoms with Gasteiger partial charge in [0.2, 0.25) is 0 Å². The molecule has 2 aromatic heterocycles. The number of carbonyl (C=O) groups excluding carboxylic acids is 1. The van der Waals surface area contributed by atoms with E-state index in [1.165, 1.54) is 5.56 Å². The van der Waals surface area contributed by atoms with Gasteiger partial charge in [-0.15, -0.1) is 0 Å². The number of fused-ring (bicyclic) bond motifs is 5. The molecule has 2 aromatic carbocycles. The second kappa shape index (κ2) is 8.69. The molecule has 0 saturated heterocycles. The van der Waals surface area contributed by atoms with Gasteiger partial charge < -0.3 is 19.7 Å². The number of aromatic nitrogens is 2. The maximum absolute atomic E-state index is 13.5. The van der Waals surface area contributed by atoms with E-state index in [-0.39, 0.29) is 18.6 Å². The first-order valence-corrected chi connectivity index (χ1v) is 12.3. The molecule has 2 aliphatic heterocycles. The molecular weight excluding hydrogens is 454 g/mol. The Morgan fingerprint density at radius 2 is 1.86 bits per heavy atom. The molecule has 4 heterocycles. The molecule has 6 rings (SSSR count). The maximum Gasteiger partial charge on any atom is 0.343 e. The van der Waals surface area contributed by atoms with Crippen LogP contribution in [0.5, 0.6) is 0 Å². The Morgan fingerprint density at radius 1 is 1.08 bits per heavy atom. The van der Waals surface area contributed by atoms with Crippen molar-refractivity contribution < 1.29 is 14.6 Å². The van der Waals surface area contributed by atoms with Crippen molar-refractivity contribution in [1.29, 1.82) is 0 Å². The van der Waals surface area contributed by atoms with Gasteiger partial charge in [0.05, 0.1) is 29.0 Å². The van der Waals surface area contributed by atoms with E-state index >= 15 is 0 Å². The SMILES string of the molecule is CCC1(O)C(=O)OCc2c1cc1n(c2=O)Cc2c-1nc1ccccc1c2CCNCc1ccccc1. The minimum Gasteiger partial charge on any atom is -0.458 e. The van der Waals surface area contributed by atoms with Gasteiger partial charge in [-0.25, -0.2) is 9.78 Å². The molecule has 0 spiro atoms. The van der Waals surface area contributed by atoms with Crippen LogP contribution in [-0.2, 0) is 41.2 Å². The topological polar surface area (TPSA) is 93.5 Å². The van der Waals surface area contributed by atoms with Crippen LogP contribution in [0.15, 0.2) is 65.5 Å². The molecule has 0 fully saturated rings. The van der Waals surface area contributed by atoms with Crippen molar-refractivity contribution in [3.8, 4) is 11.4 Å². The molecule has 0 bridgehead atoms. The van der Waals surface area contributed by atoms with Gasteiger partial charge in [-0.05, 0) is 42.6 Å². The number of para-hydroxylation sites is 1. The summed E-state index contributed by atoms with van der Waals surface area (Å²) in [5.74, 6) is -0.711. The van der Waals surface area contributed by atoms with E-state index in [1.807, 2.05) is 36.4 Å². The Balaban J connectivity index is 1.42. The molecular formula is C29H27N3O4. The molecule has 182 valence electrons. The van der Waals surface area contributed by atoms with Crippen molar-refractivity contribution in [2.45, 2.75) is 45.1 Å². The number of benzene rings is 2. The van der Waals surface area contributed by atoms with E-state index in [4.69, 9.17) is 9.72 Å². The summed E-state index contributed by atoms with van der Waals surface area (Å²) in [6.07, 6.45) is 0.902. The summed E-state index contributed by atoms with van der Waals surface area (Å²) in [6, 6.07) is 20.1. The summed E-state index contributed by atoms with van der Waals surface area (Å²) in [5.41, 5.74) is 4.26. The van der Waals surface area contributed by atoms with E-state index in [0.717, 1.165) is 47.2 Å². The Morgan fingerprint density at radius 3 is 2.67 bits per heavy atom. The first-order valence-electron chi connectivity index (χ1n) is 12.3. The molecule has 0 amide bonds. The van der Waals surface area contributed by atoms with E-state index in [1.54, 1.807) is 17.6 Å². The molecule has 1 atom stereocenters. The number of carbonyl (C=O) groups is 1. The van der Waals surface area contributed by atoms with Crippen LogP contribution in [0, 0.1) is 0 Å². The third-order valence-electron chi connectivity index (χ3n) is 7.44. The van der Waals surface area contributed by atoms with E-state index in [2.05, 4.69) is 23.5 Å². The van der Waals surface area contributed by atoms with Crippen molar-refractivity contribution in [3.63, 3.8) is 0 Å². The highest BCUT2D eigenvalue weighted by Gasteiger charge is 2.45. The highest BCUT2D eigenvalue weighted by Crippen LogP contribution is 2.40. The zero-order chi connectivity index (χ0) is 24.9. The lowest BCUT2D eigenvalue weighted by Crippen LogP contribution is -2.44. The molecule has 7 heteroatoms. The first-order chi connectivity index (χ1) is 17.5. The third-order valence-corrected chi connectivity index (χ3v) is 7.44. The van der Waals surface area contributed by atoms with Crippen LogP contribution in [-0.4, -0.2) is 27.2 Å². The summed E-state index contributed by atoms with van der Waals surface area (Å²) >= 11 is 0. The third kappa shape index (κ3) is 3.46. The molecule has 0 saturated carbocycles. The van der Waals surface area contributed by atoms with Crippen molar-refractivity contribution in [1.82, 2.24) is 14.9 Å². The average molecular weight is 482 g/mol.